The van der Waals surface area contributed by atoms with Crippen molar-refractivity contribution < 1.29 is 14.9 Å². The normalized spacial score (nSPS) is 14.0. The summed E-state index contributed by atoms with van der Waals surface area (Å²) in [5.74, 6) is 1.89. The molecule has 3 rings (SSSR count). The van der Waals surface area contributed by atoms with Crippen LogP contribution in [-0.2, 0) is 19.4 Å². The van der Waals surface area contributed by atoms with Gasteiger partial charge in [0.15, 0.2) is 0 Å². The van der Waals surface area contributed by atoms with Gasteiger partial charge >= 0.3 is 0 Å². The number of rotatable bonds is 7. The van der Waals surface area contributed by atoms with E-state index in [9.17, 15) is 5.11 Å². The van der Waals surface area contributed by atoms with Crippen molar-refractivity contribution in [2.45, 2.75) is 32.3 Å². The predicted octanol–water partition coefficient (Wildman–Crippen LogP) is 3.46. The van der Waals surface area contributed by atoms with Crippen LogP contribution in [-0.4, -0.2) is 16.8 Å². The minimum Gasteiger partial charge on any atom is -0.508 e. The van der Waals surface area contributed by atoms with Gasteiger partial charge in [-0.2, -0.15) is 0 Å². The molecule has 1 aliphatic rings. The summed E-state index contributed by atoms with van der Waals surface area (Å²) in [5, 5.41) is 18.8. The first-order valence-corrected chi connectivity index (χ1v) is 7.88. The van der Waals surface area contributed by atoms with Gasteiger partial charge in [0.1, 0.15) is 11.5 Å². The number of aryl methyl sites for hydroxylation is 2. The summed E-state index contributed by atoms with van der Waals surface area (Å²) in [6, 6.07) is 13.7. The number of aliphatic hydroxyl groups excluding tert-OH is 1. The second-order valence-corrected chi connectivity index (χ2v) is 6.02. The highest BCUT2D eigenvalue weighted by molar-refractivity contribution is 5.36. The lowest BCUT2D eigenvalue weighted by molar-refractivity contribution is 0.275. The molecule has 0 spiro atoms. The molecule has 0 atom stereocenters. The first kappa shape index (κ1) is 14.9. The van der Waals surface area contributed by atoms with Crippen LogP contribution in [0.4, 0.5) is 0 Å². The molecule has 1 aliphatic carbocycles. The second-order valence-electron chi connectivity index (χ2n) is 6.02. The average Bonchev–Trinajstić information content (AvgIpc) is 3.36. The minimum absolute atomic E-state index is 0.131. The van der Waals surface area contributed by atoms with Gasteiger partial charge in [0.05, 0.1) is 13.2 Å². The van der Waals surface area contributed by atoms with Gasteiger partial charge in [0.25, 0.3) is 0 Å². The van der Waals surface area contributed by atoms with E-state index in [1.54, 1.807) is 12.1 Å². The summed E-state index contributed by atoms with van der Waals surface area (Å²) in [5.41, 5.74) is 2.90. The zero-order valence-electron chi connectivity index (χ0n) is 12.7. The Morgan fingerprint density at radius 3 is 2.27 bits per heavy atom. The Kier molecular flexibility index (Phi) is 4.64. The van der Waals surface area contributed by atoms with Gasteiger partial charge < -0.3 is 14.9 Å². The molecule has 0 radical (unpaired) electrons. The monoisotopic (exact) mass is 298 g/mol. The summed E-state index contributed by atoms with van der Waals surface area (Å²) in [6.07, 6.45) is 4.39. The van der Waals surface area contributed by atoms with Crippen molar-refractivity contribution in [2.75, 3.05) is 6.61 Å². The van der Waals surface area contributed by atoms with Crippen molar-refractivity contribution in [1.82, 2.24) is 0 Å². The molecule has 0 unspecified atom stereocenters. The van der Waals surface area contributed by atoms with Crippen molar-refractivity contribution >= 4 is 0 Å². The molecule has 0 heterocycles. The summed E-state index contributed by atoms with van der Waals surface area (Å²) < 4.78 is 5.73. The Bertz CT molecular complexity index is 615. The lowest BCUT2D eigenvalue weighted by Gasteiger charge is -2.08. The first-order chi connectivity index (χ1) is 10.7. The lowest BCUT2D eigenvalue weighted by Crippen LogP contribution is -1.99. The number of aliphatic hydroxyl groups is 1. The summed E-state index contributed by atoms with van der Waals surface area (Å²) in [7, 11) is 0. The maximum Gasteiger partial charge on any atom is 0.121 e. The number of aromatic hydroxyl groups is 1. The summed E-state index contributed by atoms with van der Waals surface area (Å²) >= 11 is 0. The molecule has 2 aromatic rings. The highest BCUT2D eigenvalue weighted by Crippen LogP contribution is 2.29. The first-order valence-electron chi connectivity index (χ1n) is 7.88. The van der Waals surface area contributed by atoms with Crippen molar-refractivity contribution in [1.29, 1.82) is 0 Å². The molecule has 2 aromatic carbocycles. The largest absolute Gasteiger partial charge is 0.508 e. The van der Waals surface area contributed by atoms with E-state index < -0.39 is 0 Å². The van der Waals surface area contributed by atoms with Gasteiger partial charge in [0, 0.05) is 5.56 Å². The van der Waals surface area contributed by atoms with Crippen molar-refractivity contribution in [3.05, 3.63) is 59.2 Å². The molecule has 0 saturated heterocycles. The molecule has 3 nitrogen and oxygen atoms in total. The molecular formula is C19H22O3. The molecular weight excluding hydrogens is 276 g/mol. The van der Waals surface area contributed by atoms with E-state index in [2.05, 4.69) is 12.1 Å². The third kappa shape index (κ3) is 4.01. The van der Waals surface area contributed by atoms with Crippen LogP contribution in [0.2, 0.25) is 0 Å². The van der Waals surface area contributed by atoms with E-state index in [4.69, 9.17) is 9.84 Å². The third-order valence-corrected chi connectivity index (χ3v) is 4.13. The van der Waals surface area contributed by atoms with Gasteiger partial charge in [-0.15, -0.1) is 0 Å². The number of ether oxygens (including phenoxy) is 1. The fraction of sp³-hybridized carbons (Fsp3) is 0.368. The maximum atomic E-state index is 9.76. The molecule has 0 aromatic heterocycles. The van der Waals surface area contributed by atoms with Crippen molar-refractivity contribution in [2.24, 2.45) is 5.92 Å². The van der Waals surface area contributed by atoms with Crippen LogP contribution in [0.3, 0.4) is 0 Å². The fourth-order valence-electron chi connectivity index (χ4n) is 2.44. The lowest BCUT2D eigenvalue weighted by atomic mass is 10.0. The van der Waals surface area contributed by atoms with Gasteiger partial charge in [-0.3, -0.25) is 0 Å². The fourth-order valence-corrected chi connectivity index (χ4v) is 2.44. The Hall–Kier alpha value is -2.00. The average molecular weight is 298 g/mol. The van der Waals surface area contributed by atoms with Crippen molar-refractivity contribution in [3.8, 4) is 11.5 Å². The van der Waals surface area contributed by atoms with Gasteiger partial charge in [0.2, 0.25) is 0 Å². The highest BCUT2D eigenvalue weighted by atomic mass is 16.5. The van der Waals surface area contributed by atoms with Gasteiger partial charge in [-0.1, -0.05) is 24.3 Å². The van der Waals surface area contributed by atoms with Gasteiger partial charge in [-0.05, 0) is 60.9 Å². The van der Waals surface area contributed by atoms with E-state index in [0.29, 0.717) is 5.56 Å². The SMILES string of the molecule is OCc1ccc(CCc2ccc(OCC3CC3)cc2)cc1O. The Balaban J connectivity index is 1.53. The van der Waals surface area contributed by atoms with Gasteiger partial charge in [-0.25, -0.2) is 0 Å². The quantitative estimate of drug-likeness (QED) is 0.823. The molecule has 0 amide bonds. The van der Waals surface area contributed by atoms with E-state index in [-0.39, 0.29) is 12.4 Å². The highest BCUT2D eigenvalue weighted by Gasteiger charge is 2.21. The van der Waals surface area contributed by atoms with Crippen LogP contribution in [0, 0.1) is 5.92 Å². The zero-order chi connectivity index (χ0) is 15.4. The van der Waals surface area contributed by atoms with E-state index in [1.807, 2.05) is 18.2 Å². The molecule has 22 heavy (non-hydrogen) atoms. The Morgan fingerprint density at radius 1 is 0.955 bits per heavy atom. The number of hydrogen-bond donors (Lipinski definition) is 2. The van der Waals surface area contributed by atoms with Crippen LogP contribution >= 0.6 is 0 Å². The number of phenols is 1. The predicted molar refractivity (Wildman–Crippen MR) is 86.1 cm³/mol. The van der Waals surface area contributed by atoms with E-state index >= 15 is 0 Å². The minimum atomic E-state index is -0.131. The van der Waals surface area contributed by atoms with Crippen LogP contribution in [0.25, 0.3) is 0 Å². The standard InChI is InChI=1S/C19H22O3/c20-12-17-8-5-15(11-19(17)21)2-1-14-6-9-18(10-7-14)22-13-16-3-4-16/h5-11,16,20-21H,1-4,12-13H2. The Morgan fingerprint density at radius 2 is 1.64 bits per heavy atom. The molecule has 3 heteroatoms. The number of benzene rings is 2. The van der Waals surface area contributed by atoms with E-state index in [1.165, 1.54) is 18.4 Å². The Labute approximate surface area is 131 Å². The maximum absolute atomic E-state index is 9.76. The van der Waals surface area contributed by atoms with Crippen LogP contribution in [0.1, 0.15) is 29.5 Å². The molecule has 116 valence electrons. The number of hydrogen-bond acceptors (Lipinski definition) is 3. The van der Waals surface area contributed by atoms with Crippen molar-refractivity contribution in [3.63, 3.8) is 0 Å². The topological polar surface area (TPSA) is 49.7 Å². The van der Waals surface area contributed by atoms with Crippen LogP contribution in [0.5, 0.6) is 11.5 Å². The third-order valence-electron chi connectivity index (χ3n) is 4.13. The molecule has 2 N–H and O–H groups in total. The summed E-state index contributed by atoms with van der Waals surface area (Å²) in [6.45, 7) is 0.713. The zero-order valence-corrected chi connectivity index (χ0v) is 12.7. The molecule has 1 saturated carbocycles. The second kappa shape index (κ2) is 6.84. The smallest absolute Gasteiger partial charge is 0.121 e. The van der Waals surface area contributed by atoms with E-state index in [0.717, 1.165) is 36.7 Å². The van der Waals surface area contributed by atoms with Crippen LogP contribution < -0.4 is 4.74 Å². The summed E-state index contributed by atoms with van der Waals surface area (Å²) in [4.78, 5) is 0. The van der Waals surface area contributed by atoms with Crippen LogP contribution in [0.15, 0.2) is 42.5 Å². The molecule has 0 aliphatic heterocycles. The molecule has 0 bridgehead atoms. The molecule has 1 fully saturated rings.